The lowest BCUT2D eigenvalue weighted by atomic mass is 10.1. The van der Waals surface area contributed by atoms with Crippen LogP contribution in [0.4, 0.5) is 0 Å². The average molecular weight is 241 g/mol. The summed E-state index contributed by atoms with van der Waals surface area (Å²) in [4.78, 5) is 4.36. The van der Waals surface area contributed by atoms with Crippen molar-refractivity contribution < 1.29 is 0 Å². The molecule has 3 rings (SSSR count). The Kier molecular flexibility index (Phi) is 2.41. The van der Waals surface area contributed by atoms with Crippen LogP contribution in [0.2, 0.25) is 0 Å². The molecule has 1 aromatic carbocycles. The molecule has 0 saturated heterocycles. The van der Waals surface area contributed by atoms with E-state index in [0.29, 0.717) is 6.54 Å². The molecule has 0 spiro atoms. The zero-order valence-corrected chi connectivity index (χ0v) is 10.5. The van der Waals surface area contributed by atoms with Gasteiger partial charge in [-0.1, -0.05) is 6.07 Å². The quantitative estimate of drug-likeness (QED) is 0.738. The first-order valence-electron chi connectivity index (χ1n) is 5.83. The summed E-state index contributed by atoms with van der Waals surface area (Å²) in [5.74, 6) is 0. The van der Waals surface area contributed by atoms with Crippen LogP contribution in [0, 0.1) is 0 Å². The van der Waals surface area contributed by atoms with Crippen LogP contribution in [0.1, 0.15) is 5.69 Å². The number of aromatic nitrogens is 4. The lowest BCUT2D eigenvalue weighted by Crippen LogP contribution is -2.03. The first-order valence-corrected chi connectivity index (χ1v) is 5.83. The molecule has 0 radical (unpaired) electrons. The van der Waals surface area contributed by atoms with Crippen LogP contribution in [0.25, 0.3) is 22.3 Å². The number of rotatable bonds is 2. The largest absolute Gasteiger partial charge is 0.334 e. The second-order valence-corrected chi connectivity index (χ2v) is 4.41. The summed E-state index contributed by atoms with van der Waals surface area (Å²) in [5, 5.41) is 4.47. The van der Waals surface area contributed by atoms with Crippen LogP contribution < -0.4 is 5.73 Å². The molecule has 0 amide bonds. The summed E-state index contributed by atoms with van der Waals surface area (Å²) in [6.07, 6.45) is 1.82. The third-order valence-corrected chi connectivity index (χ3v) is 3.21. The van der Waals surface area contributed by atoms with Gasteiger partial charge in [-0.05, 0) is 18.2 Å². The van der Waals surface area contributed by atoms with E-state index in [0.717, 1.165) is 28.0 Å². The van der Waals surface area contributed by atoms with Crippen molar-refractivity contribution in [1.82, 2.24) is 19.3 Å². The normalized spacial score (nSPS) is 11.3. The molecule has 0 unspecified atom stereocenters. The highest BCUT2D eigenvalue weighted by atomic mass is 15.3. The number of nitrogens with zero attached hydrogens (tertiary/aromatic N) is 4. The molecule has 5 nitrogen and oxygen atoms in total. The standard InChI is InChI=1S/C13H15N5/c1-17-8-15-12-5-9(3-4-13(12)17)11-6-10(7-14)18(2)16-11/h3-6,8H,7,14H2,1-2H3. The van der Waals surface area contributed by atoms with Gasteiger partial charge in [-0.15, -0.1) is 0 Å². The fourth-order valence-corrected chi connectivity index (χ4v) is 2.13. The van der Waals surface area contributed by atoms with E-state index < -0.39 is 0 Å². The van der Waals surface area contributed by atoms with Crippen molar-refractivity contribution in [2.45, 2.75) is 6.54 Å². The Morgan fingerprint density at radius 2 is 2.06 bits per heavy atom. The zero-order chi connectivity index (χ0) is 12.7. The maximum atomic E-state index is 5.66. The number of aryl methyl sites for hydroxylation is 2. The maximum absolute atomic E-state index is 5.66. The van der Waals surface area contributed by atoms with Gasteiger partial charge < -0.3 is 10.3 Å². The highest BCUT2D eigenvalue weighted by molar-refractivity contribution is 5.81. The molecule has 5 heteroatoms. The van der Waals surface area contributed by atoms with E-state index in [9.17, 15) is 0 Å². The molecule has 0 fully saturated rings. The molecular weight excluding hydrogens is 226 g/mol. The second-order valence-electron chi connectivity index (χ2n) is 4.41. The summed E-state index contributed by atoms with van der Waals surface area (Å²) in [7, 11) is 3.90. The molecule has 0 atom stereocenters. The monoisotopic (exact) mass is 241 g/mol. The average Bonchev–Trinajstić information content (AvgIpc) is 2.93. The van der Waals surface area contributed by atoms with E-state index in [1.165, 1.54) is 0 Å². The molecule has 0 aliphatic heterocycles. The van der Waals surface area contributed by atoms with Crippen molar-refractivity contribution in [3.05, 3.63) is 36.3 Å². The van der Waals surface area contributed by atoms with E-state index in [2.05, 4.69) is 28.3 Å². The number of benzene rings is 1. The van der Waals surface area contributed by atoms with Gasteiger partial charge in [0.25, 0.3) is 0 Å². The van der Waals surface area contributed by atoms with Crippen molar-refractivity contribution in [2.24, 2.45) is 19.8 Å². The smallest absolute Gasteiger partial charge is 0.0955 e. The number of imidazole rings is 1. The minimum absolute atomic E-state index is 0.495. The van der Waals surface area contributed by atoms with Gasteiger partial charge in [-0.2, -0.15) is 5.10 Å². The van der Waals surface area contributed by atoms with Crippen LogP contribution in [-0.2, 0) is 20.6 Å². The molecule has 0 aliphatic carbocycles. The SMILES string of the molecule is Cn1nc(-c2ccc3c(c2)ncn3C)cc1CN. The molecule has 18 heavy (non-hydrogen) atoms. The van der Waals surface area contributed by atoms with E-state index in [4.69, 9.17) is 5.73 Å². The summed E-state index contributed by atoms with van der Waals surface area (Å²) in [5.41, 5.74) is 10.8. The van der Waals surface area contributed by atoms with Crippen molar-refractivity contribution in [3.8, 4) is 11.3 Å². The van der Waals surface area contributed by atoms with Crippen LogP contribution in [0.15, 0.2) is 30.6 Å². The van der Waals surface area contributed by atoms with E-state index in [1.807, 2.05) is 35.7 Å². The minimum Gasteiger partial charge on any atom is -0.334 e. The van der Waals surface area contributed by atoms with Crippen molar-refractivity contribution in [1.29, 1.82) is 0 Å². The van der Waals surface area contributed by atoms with Crippen LogP contribution in [0.3, 0.4) is 0 Å². The molecule has 0 saturated carbocycles. The Balaban J connectivity index is 2.12. The van der Waals surface area contributed by atoms with Crippen molar-refractivity contribution >= 4 is 11.0 Å². The molecule has 0 bridgehead atoms. The second kappa shape index (κ2) is 3.96. The molecule has 2 aromatic heterocycles. The van der Waals surface area contributed by atoms with Gasteiger partial charge in [0.15, 0.2) is 0 Å². The summed E-state index contributed by atoms with van der Waals surface area (Å²) in [6.45, 7) is 0.495. The summed E-state index contributed by atoms with van der Waals surface area (Å²) in [6, 6.07) is 8.20. The van der Waals surface area contributed by atoms with Crippen molar-refractivity contribution in [3.63, 3.8) is 0 Å². The summed E-state index contributed by atoms with van der Waals surface area (Å²) >= 11 is 0. The predicted molar refractivity (Wildman–Crippen MR) is 70.8 cm³/mol. The molecule has 2 heterocycles. The topological polar surface area (TPSA) is 61.7 Å². The van der Waals surface area contributed by atoms with Gasteiger partial charge in [0.2, 0.25) is 0 Å². The predicted octanol–water partition coefficient (Wildman–Crippen LogP) is 1.43. The van der Waals surface area contributed by atoms with Crippen molar-refractivity contribution in [2.75, 3.05) is 0 Å². The van der Waals surface area contributed by atoms with E-state index >= 15 is 0 Å². The Morgan fingerprint density at radius 1 is 1.22 bits per heavy atom. The lowest BCUT2D eigenvalue weighted by Gasteiger charge is -1.98. The Labute approximate surface area is 105 Å². The van der Waals surface area contributed by atoms with Gasteiger partial charge >= 0.3 is 0 Å². The Morgan fingerprint density at radius 3 is 2.78 bits per heavy atom. The third-order valence-electron chi connectivity index (χ3n) is 3.21. The van der Waals surface area contributed by atoms with Gasteiger partial charge in [-0.25, -0.2) is 4.98 Å². The zero-order valence-electron chi connectivity index (χ0n) is 10.5. The van der Waals surface area contributed by atoms with Crippen LogP contribution in [-0.4, -0.2) is 19.3 Å². The number of hydrogen-bond donors (Lipinski definition) is 1. The fourth-order valence-electron chi connectivity index (χ4n) is 2.13. The number of nitrogens with two attached hydrogens (primary N) is 1. The molecular formula is C13H15N5. The highest BCUT2D eigenvalue weighted by Crippen LogP contribution is 2.23. The van der Waals surface area contributed by atoms with Gasteiger partial charge in [0, 0.05) is 26.2 Å². The van der Waals surface area contributed by atoms with E-state index in [1.54, 1.807) is 0 Å². The Bertz CT molecular complexity index is 707. The molecule has 3 aromatic rings. The Hall–Kier alpha value is -2.14. The molecule has 2 N–H and O–H groups in total. The minimum atomic E-state index is 0.495. The van der Waals surface area contributed by atoms with Gasteiger partial charge in [-0.3, -0.25) is 4.68 Å². The first kappa shape index (κ1) is 11.0. The third kappa shape index (κ3) is 1.60. The van der Waals surface area contributed by atoms with E-state index in [-0.39, 0.29) is 0 Å². The molecule has 92 valence electrons. The van der Waals surface area contributed by atoms with Gasteiger partial charge in [0.1, 0.15) is 0 Å². The molecule has 0 aliphatic rings. The number of fused-ring (bicyclic) bond motifs is 1. The van der Waals surface area contributed by atoms with Gasteiger partial charge in [0.05, 0.1) is 28.7 Å². The summed E-state index contributed by atoms with van der Waals surface area (Å²) < 4.78 is 3.82. The lowest BCUT2D eigenvalue weighted by molar-refractivity contribution is 0.714. The highest BCUT2D eigenvalue weighted by Gasteiger charge is 2.08. The van der Waals surface area contributed by atoms with Crippen LogP contribution in [0.5, 0.6) is 0 Å². The maximum Gasteiger partial charge on any atom is 0.0955 e. The van der Waals surface area contributed by atoms with Crippen LogP contribution >= 0.6 is 0 Å². The fraction of sp³-hybridized carbons (Fsp3) is 0.231. The number of hydrogen-bond acceptors (Lipinski definition) is 3. The first-order chi connectivity index (χ1) is 8.69.